The zero-order valence-electron chi connectivity index (χ0n) is 9.77. The molecule has 1 aliphatic rings. The normalized spacial score (nSPS) is 19.3. The molecule has 0 aromatic heterocycles. The summed E-state index contributed by atoms with van der Waals surface area (Å²) in [6.07, 6.45) is 6.73. The van der Waals surface area contributed by atoms with E-state index in [1.807, 2.05) is 0 Å². The maximum Gasteiger partial charge on any atom is 0.0590 e. The van der Waals surface area contributed by atoms with Crippen LogP contribution in [0.1, 0.15) is 46.0 Å². The standard InChI is InChI=1S/C12H25NO/c1-3-9-14-10-8-13-11-12(4-2)6-5-7-12/h13H,3-11H2,1-2H3. The molecule has 0 radical (unpaired) electrons. The van der Waals surface area contributed by atoms with Crippen molar-refractivity contribution in [2.75, 3.05) is 26.3 Å². The average molecular weight is 199 g/mol. The molecule has 2 nitrogen and oxygen atoms in total. The van der Waals surface area contributed by atoms with Gasteiger partial charge in [0.05, 0.1) is 6.61 Å². The first kappa shape index (κ1) is 12.0. The zero-order chi connectivity index (χ0) is 10.3. The van der Waals surface area contributed by atoms with E-state index in [0.29, 0.717) is 5.41 Å². The third kappa shape index (κ3) is 3.58. The molecule has 0 aliphatic heterocycles. The van der Waals surface area contributed by atoms with Gasteiger partial charge in [-0.1, -0.05) is 20.3 Å². The van der Waals surface area contributed by atoms with E-state index >= 15 is 0 Å². The van der Waals surface area contributed by atoms with E-state index < -0.39 is 0 Å². The van der Waals surface area contributed by atoms with Gasteiger partial charge in [0.2, 0.25) is 0 Å². The fourth-order valence-electron chi connectivity index (χ4n) is 2.08. The molecule has 0 unspecified atom stereocenters. The van der Waals surface area contributed by atoms with Crippen molar-refractivity contribution in [3.8, 4) is 0 Å². The highest BCUT2D eigenvalue weighted by atomic mass is 16.5. The van der Waals surface area contributed by atoms with Gasteiger partial charge in [0, 0.05) is 19.7 Å². The minimum Gasteiger partial charge on any atom is -0.380 e. The smallest absolute Gasteiger partial charge is 0.0590 e. The maximum absolute atomic E-state index is 5.42. The van der Waals surface area contributed by atoms with E-state index in [1.165, 1.54) is 32.2 Å². The predicted molar refractivity (Wildman–Crippen MR) is 60.6 cm³/mol. The first-order valence-electron chi connectivity index (χ1n) is 6.11. The third-order valence-corrected chi connectivity index (χ3v) is 3.44. The van der Waals surface area contributed by atoms with Crippen molar-refractivity contribution >= 4 is 0 Å². The van der Waals surface area contributed by atoms with E-state index in [1.54, 1.807) is 0 Å². The summed E-state index contributed by atoms with van der Waals surface area (Å²) in [5.41, 5.74) is 0.644. The third-order valence-electron chi connectivity index (χ3n) is 3.44. The molecule has 0 spiro atoms. The highest BCUT2D eigenvalue weighted by Crippen LogP contribution is 2.42. The molecule has 0 amide bonds. The van der Waals surface area contributed by atoms with Gasteiger partial charge in [0.15, 0.2) is 0 Å². The van der Waals surface area contributed by atoms with E-state index in [-0.39, 0.29) is 0 Å². The van der Waals surface area contributed by atoms with Crippen LogP contribution < -0.4 is 5.32 Å². The summed E-state index contributed by atoms with van der Waals surface area (Å²) in [5, 5.41) is 3.51. The number of hydrogen-bond acceptors (Lipinski definition) is 2. The first-order valence-corrected chi connectivity index (χ1v) is 6.11. The van der Waals surface area contributed by atoms with Gasteiger partial charge < -0.3 is 10.1 Å². The highest BCUT2D eigenvalue weighted by molar-refractivity contribution is 4.88. The lowest BCUT2D eigenvalue weighted by Gasteiger charge is -2.41. The molecule has 0 bridgehead atoms. The summed E-state index contributed by atoms with van der Waals surface area (Å²) in [6, 6.07) is 0. The molecule has 1 rings (SSSR count). The van der Waals surface area contributed by atoms with Crippen molar-refractivity contribution < 1.29 is 4.74 Å². The Morgan fingerprint density at radius 2 is 2.00 bits per heavy atom. The number of hydrogen-bond donors (Lipinski definition) is 1. The summed E-state index contributed by atoms with van der Waals surface area (Å²) in [7, 11) is 0. The van der Waals surface area contributed by atoms with Crippen molar-refractivity contribution in [3.05, 3.63) is 0 Å². The number of ether oxygens (including phenoxy) is 1. The van der Waals surface area contributed by atoms with Crippen LogP contribution >= 0.6 is 0 Å². The SMILES string of the molecule is CCCOCCNCC1(CC)CCC1. The van der Waals surface area contributed by atoms with E-state index in [4.69, 9.17) is 4.74 Å². The molecule has 1 N–H and O–H groups in total. The maximum atomic E-state index is 5.42. The van der Waals surface area contributed by atoms with Gasteiger partial charge in [-0.15, -0.1) is 0 Å². The molecule has 1 saturated carbocycles. The van der Waals surface area contributed by atoms with Crippen molar-refractivity contribution in [2.24, 2.45) is 5.41 Å². The summed E-state index contributed by atoms with van der Waals surface area (Å²) < 4.78 is 5.42. The van der Waals surface area contributed by atoms with Crippen LogP contribution in [0.4, 0.5) is 0 Å². The van der Waals surface area contributed by atoms with Crippen LogP contribution in [0.2, 0.25) is 0 Å². The minimum absolute atomic E-state index is 0.644. The number of nitrogens with one attached hydrogen (secondary N) is 1. The first-order chi connectivity index (χ1) is 6.83. The van der Waals surface area contributed by atoms with Gasteiger partial charge in [-0.25, -0.2) is 0 Å². The Kier molecular flexibility index (Phi) is 5.49. The van der Waals surface area contributed by atoms with E-state index in [9.17, 15) is 0 Å². The molecule has 1 aliphatic carbocycles. The van der Waals surface area contributed by atoms with Crippen LogP contribution in [-0.2, 0) is 4.74 Å². The van der Waals surface area contributed by atoms with Crippen LogP contribution in [-0.4, -0.2) is 26.3 Å². The molecule has 84 valence electrons. The fourth-order valence-corrected chi connectivity index (χ4v) is 2.08. The predicted octanol–water partition coefficient (Wildman–Crippen LogP) is 2.58. The zero-order valence-corrected chi connectivity index (χ0v) is 9.77. The second-order valence-corrected chi connectivity index (χ2v) is 4.50. The lowest BCUT2D eigenvalue weighted by molar-refractivity contribution is 0.107. The molecule has 0 aromatic rings. The topological polar surface area (TPSA) is 21.3 Å². The molecule has 14 heavy (non-hydrogen) atoms. The van der Waals surface area contributed by atoms with Crippen molar-refractivity contribution in [1.29, 1.82) is 0 Å². The molecule has 0 heterocycles. The Balaban J connectivity index is 1.92. The van der Waals surface area contributed by atoms with Gasteiger partial charge in [0.25, 0.3) is 0 Å². The van der Waals surface area contributed by atoms with Gasteiger partial charge in [-0.2, -0.15) is 0 Å². The minimum atomic E-state index is 0.644. The van der Waals surface area contributed by atoms with Crippen LogP contribution in [0, 0.1) is 5.41 Å². The molecule has 1 fully saturated rings. The molecule has 0 atom stereocenters. The Morgan fingerprint density at radius 3 is 2.50 bits per heavy atom. The lowest BCUT2D eigenvalue weighted by Crippen LogP contribution is -2.40. The lowest BCUT2D eigenvalue weighted by atomic mass is 9.67. The molecule has 0 saturated heterocycles. The summed E-state index contributed by atoms with van der Waals surface area (Å²) in [6.45, 7) is 8.44. The van der Waals surface area contributed by atoms with Crippen molar-refractivity contribution in [1.82, 2.24) is 5.32 Å². The van der Waals surface area contributed by atoms with Crippen LogP contribution in [0.25, 0.3) is 0 Å². The monoisotopic (exact) mass is 199 g/mol. The quantitative estimate of drug-likeness (QED) is 0.607. The Labute approximate surface area is 88.4 Å². The fraction of sp³-hybridized carbons (Fsp3) is 1.00. The second kappa shape index (κ2) is 6.41. The number of rotatable bonds is 8. The highest BCUT2D eigenvalue weighted by Gasteiger charge is 2.34. The molecule has 2 heteroatoms. The summed E-state index contributed by atoms with van der Waals surface area (Å²) in [5.74, 6) is 0. The van der Waals surface area contributed by atoms with Crippen molar-refractivity contribution in [2.45, 2.75) is 46.0 Å². The molecular weight excluding hydrogens is 174 g/mol. The van der Waals surface area contributed by atoms with Gasteiger partial charge in [-0.3, -0.25) is 0 Å². The Bertz CT molecular complexity index is 138. The summed E-state index contributed by atoms with van der Waals surface area (Å²) in [4.78, 5) is 0. The van der Waals surface area contributed by atoms with Crippen LogP contribution in [0.15, 0.2) is 0 Å². The Morgan fingerprint density at radius 1 is 1.21 bits per heavy atom. The van der Waals surface area contributed by atoms with Crippen LogP contribution in [0.5, 0.6) is 0 Å². The summed E-state index contributed by atoms with van der Waals surface area (Å²) >= 11 is 0. The van der Waals surface area contributed by atoms with Gasteiger partial charge in [-0.05, 0) is 31.1 Å². The van der Waals surface area contributed by atoms with Gasteiger partial charge in [0.1, 0.15) is 0 Å². The average Bonchev–Trinajstić information content (AvgIpc) is 2.15. The molecule has 0 aromatic carbocycles. The van der Waals surface area contributed by atoms with Crippen molar-refractivity contribution in [3.63, 3.8) is 0 Å². The largest absolute Gasteiger partial charge is 0.380 e. The van der Waals surface area contributed by atoms with Gasteiger partial charge >= 0.3 is 0 Å². The van der Waals surface area contributed by atoms with Crippen LogP contribution in [0.3, 0.4) is 0 Å². The molecular formula is C12H25NO. The van der Waals surface area contributed by atoms with E-state index in [0.717, 1.165) is 26.2 Å². The second-order valence-electron chi connectivity index (χ2n) is 4.50. The Hall–Kier alpha value is -0.0800. The van der Waals surface area contributed by atoms with E-state index in [2.05, 4.69) is 19.2 Å².